The van der Waals surface area contributed by atoms with Crippen molar-refractivity contribution in [2.45, 2.75) is 16.1 Å². The maximum absolute atomic E-state index is 13.0. The minimum absolute atomic E-state index is 0.0281. The first-order valence-electron chi connectivity index (χ1n) is 7.25. The Morgan fingerprint density at radius 3 is 2.83 bits per heavy atom. The molecule has 3 nitrogen and oxygen atoms in total. The van der Waals surface area contributed by atoms with Crippen LogP contribution in [-0.2, 0) is 0 Å². The SMILES string of the molecule is O=c1c2ccccc2nc2n1[C@@H](CSc1ccc(F)cc1)CS2. The minimum atomic E-state index is -0.233. The number of aromatic nitrogens is 2. The fourth-order valence-electron chi connectivity index (χ4n) is 2.64. The van der Waals surface area contributed by atoms with Gasteiger partial charge in [0.25, 0.3) is 5.56 Å². The fraction of sp³-hybridized carbons (Fsp3) is 0.176. The van der Waals surface area contributed by atoms with Gasteiger partial charge in [-0.2, -0.15) is 0 Å². The molecular formula is C17H13FN2OS2. The van der Waals surface area contributed by atoms with Gasteiger partial charge in [0.05, 0.1) is 16.9 Å². The third kappa shape index (κ3) is 2.77. The predicted octanol–water partition coefficient (Wildman–Crippen LogP) is 3.97. The second-order valence-corrected chi connectivity index (χ2v) is 7.40. The van der Waals surface area contributed by atoms with E-state index in [0.717, 1.165) is 27.1 Å². The molecule has 1 aromatic heterocycles. The average Bonchev–Trinajstić information content (AvgIpc) is 2.98. The zero-order valence-corrected chi connectivity index (χ0v) is 13.7. The maximum Gasteiger partial charge on any atom is 0.262 e. The van der Waals surface area contributed by atoms with E-state index in [1.807, 2.05) is 28.8 Å². The number of hydrogen-bond acceptors (Lipinski definition) is 4. The highest BCUT2D eigenvalue weighted by molar-refractivity contribution is 8.00. The van der Waals surface area contributed by atoms with Crippen LogP contribution in [0.2, 0.25) is 0 Å². The molecule has 0 unspecified atom stereocenters. The average molecular weight is 344 g/mol. The maximum atomic E-state index is 13.0. The Morgan fingerprint density at radius 1 is 1.22 bits per heavy atom. The number of nitrogens with zero attached hydrogens (tertiary/aromatic N) is 2. The number of thioether (sulfide) groups is 2. The van der Waals surface area contributed by atoms with Gasteiger partial charge in [-0.05, 0) is 36.4 Å². The molecule has 0 fully saturated rings. The number of halogens is 1. The van der Waals surface area contributed by atoms with Crippen molar-refractivity contribution in [2.24, 2.45) is 0 Å². The van der Waals surface area contributed by atoms with Crippen LogP contribution in [0.4, 0.5) is 4.39 Å². The van der Waals surface area contributed by atoms with Crippen LogP contribution in [0.25, 0.3) is 10.9 Å². The van der Waals surface area contributed by atoms with Crippen molar-refractivity contribution in [3.05, 3.63) is 64.7 Å². The van der Waals surface area contributed by atoms with E-state index < -0.39 is 0 Å². The van der Waals surface area contributed by atoms with Crippen LogP contribution >= 0.6 is 23.5 Å². The lowest BCUT2D eigenvalue weighted by atomic mass is 10.2. The van der Waals surface area contributed by atoms with Gasteiger partial charge >= 0.3 is 0 Å². The van der Waals surface area contributed by atoms with Crippen molar-refractivity contribution in [3.8, 4) is 0 Å². The van der Waals surface area contributed by atoms with Crippen molar-refractivity contribution in [1.29, 1.82) is 0 Å². The smallest absolute Gasteiger partial charge is 0.262 e. The Balaban J connectivity index is 1.63. The van der Waals surface area contributed by atoms with Gasteiger partial charge < -0.3 is 0 Å². The third-order valence-corrected chi connectivity index (χ3v) is 6.06. The van der Waals surface area contributed by atoms with Crippen LogP contribution < -0.4 is 5.56 Å². The van der Waals surface area contributed by atoms with Crippen LogP contribution in [0, 0.1) is 5.82 Å². The largest absolute Gasteiger partial charge is 0.282 e. The molecule has 6 heteroatoms. The molecule has 1 aliphatic rings. The Labute approximate surface area is 140 Å². The topological polar surface area (TPSA) is 34.9 Å². The Kier molecular flexibility index (Phi) is 3.87. The molecule has 0 amide bonds. The number of para-hydroxylation sites is 1. The van der Waals surface area contributed by atoms with Gasteiger partial charge in [-0.3, -0.25) is 9.36 Å². The first-order chi connectivity index (χ1) is 11.2. The number of benzene rings is 2. The second-order valence-electron chi connectivity index (χ2n) is 5.32. The van der Waals surface area contributed by atoms with Crippen molar-refractivity contribution in [2.75, 3.05) is 11.5 Å². The molecule has 23 heavy (non-hydrogen) atoms. The molecule has 0 radical (unpaired) electrons. The summed E-state index contributed by atoms with van der Waals surface area (Å²) in [5.74, 6) is 1.38. The fourth-order valence-corrected chi connectivity index (χ4v) is 4.91. The first-order valence-corrected chi connectivity index (χ1v) is 9.22. The van der Waals surface area contributed by atoms with Crippen LogP contribution in [0.3, 0.4) is 0 Å². The van der Waals surface area contributed by atoms with Gasteiger partial charge in [0.2, 0.25) is 0 Å². The summed E-state index contributed by atoms with van der Waals surface area (Å²) < 4.78 is 14.8. The highest BCUT2D eigenvalue weighted by atomic mass is 32.2. The van der Waals surface area contributed by atoms with Gasteiger partial charge in [0.15, 0.2) is 5.16 Å². The van der Waals surface area contributed by atoms with Crippen molar-refractivity contribution < 1.29 is 4.39 Å². The molecule has 1 aliphatic heterocycles. The molecule has 2 heterocycles. The molecule has 0 N–H and O–H groups in total. The van der Waals surface area contributed by atoms with E-state index >= 15 is 0 Å². The molecule has 3 aromatic rings. The number of hydrogen-bond donors (Lipinski definition) is 0. The van der Waals surface area contributed by atoms with Crippen LogP contribution in [0.15, 0.2) is 63.4 Å². The summed E-state index contributed by atoms with van der Waals surface area (Å²) in [6, 6.07) is 14.0. The van der Waals surface area contributed by atoms with Crippen molar-refractivity contribution in [3.63, 3.8) is 0 Å². The van der Waals surface area contributed by atoms with E-state index in [0.29, 0.717) is 5.39 Å². The minimum Gasteiger partial charge on any atom is -0.282 e. The van der Waals surface area contributed by atoms with Crippen LogP contribution in [0.5, 0.6) is 0 Å². The molecule has 0 saturated carbocycles. The Morgan fingerprint density at radius 2 is 2.00 bits per heavy atom. The summed E-state index contributed by atoms with van der Waals surface area (Å²) in [6.45, 7) is 0. The lowest BCUT2D eigenvalue weighted by molar-refractivity contribution is 0.558. The van der Waals surface area contributed by atoms with E-state index in [9.17, 15) is 9.18 Å². The van der Waals surface area contributed by atoms with Crippen molar-refractivity contribution in [1.82, 2.24) is 9.55 Å². The monoisotopic (exact) mass is 344 g/mol. The molecule has 2 aromatic carbocycles. The lowest BCUT2D eigenvalue weighted by Crippen LogP contribution is -2.25. The van der Waals surface area contributed by atoms with E-state index in [4.69, 9.17) is 0 Å². The summed E-state index contributed by atoms with van der Waals surface area (Å²) in [7, 11) is 0. The molecule has 0 bridgehead atoms. The van der Waals surface area contributed by atoms with Gasteiger partial charge in [-0.15, -0.1) is 11.8 Å². The summed E-state index contributed by atoms with van der Waals surface area (Å²) in [5.41, 5.74) is 0.781. The predicted molar refractivity (Wildman–Crippen MR) is 92.9 cm³/mol. The van der Waals surface area contributed by atoms with Crippen LogP contribution in [-0.4, -0.2) is 21.1 Å². The summed E-state index contributed by atoms with van der Waals surface area (Å²) >= 11 is 3.26. The highest BCUT2D eigenvalue weighted by Crippen LogP contribution is 2.34. The zero-order chi connectivity index (χ0) is 15.8. The first kappa shape index (κ1) is 14.8. The van der Waals surface area contributed by atoms with E-state index in [2.05, 4.69) is 4.98 Å². The Hall–Kier alpha value is -1.79. The third-order valence-electron chi connectivity index (χ3n) is 3.80. The molecule has 0 spiro atoms. The van der Waals surface area contributed by atoms with Crippen LogP contribution in [0.1, 0.15) is 6.04 Å². The zero-order valence-electron chi connectivity index (χ0n) is 12.1. The van der Waals surface area contributed by atoms with Gasteiger partial charge in [0, 0.05) is 16.4 Å². The summed E-state index contributed by atoms with van der Waals surface area (Å²) in [6.07, 6.45) is 0. The molecule has 4 rings (SSSR count). The number of rotatable bonds is 3. The molecule has 0 aliphatic carbocycles. The quantitative estimate of drug-likeness (QED) is 0.532. The summed E-state index contributed by atoms with van der Waals surface area (Å²) in [4.78, 5) is 18.3. The number of fused-ring (bicyclic) bond motifs is 2. The Bertz CT molecular complexity index is 924. The molecule has 1 atom stereocenters. The normalized spacial score (nSPS) is 16.7. The lowest BCUT2D eigenvalue weighted by Gasteiger charge is -2.13. The van der Waals surface area contributed by atoms with E-state index in [1.165, 1.54) is 12.1 Å². The van der Waals surface area contributed by atoms with Gasteiger partial charge in [-0.1, -0.05) is 23.9 Å². The molecular weight excluding hydrogens is 331 g/mol. The summed E-state index contributed by atoms with van der Waals surface area (Å²) in [5, 5.41) is 1.45. The van der Waals surface area contributed by atoms with E-state index in [1.54, 1.807) is 35.7 Å². The highest BCUT2D eigenvalue weighted by Gasteiger charge is 2.26. The molecule has 0 saturated heterocycles. The standard InChI is InChI=1S/C17H13FN2OS2/c18-11-5-7-13(8-6-11)22-9-12-10-23-17-19-15-4-2-1-3-14(15)16(21)20(12)17/h1-8,12H,9-10H2/t12-/m0/s1. The van der Waals surface area contributed by atoms with Gasteiger partial charge in [-0.25, -0.2) is 9.37 Å². The molecule has 116 valence electrons. The second kappa shape index (κ2) is 6.02. The van der Waals surface area contributed by atoms with Crippen molar-refractivity contribution >= 4 is 34.4 Å². The van der Waals surface area contributed by atoms with E-state index in [-0.39, 0.29) is 17.4 Å². The van der Waals surface area contributed by atoms with Gasteiger partial charge in [0.1, 0.15) is 5.82 Å².